The number of rotatable bonds is 4. The molecule has 0 aliphatic rings. The third-order valence-electron chi connectivity index (χ3n) is 2.87. The maximum atomic E-state index is 11.8. The molecule has 1 aromatic carbocycles. The molecule has 23 heavy (non-hydrogen) atoms. The highest BCUT2D eigenvalue weighted by molar-refractivity contribution is 5.97. The minimum Gasteiger partial charge on any atom is -0.452 e. The number of imide groups is 1. The van der Waals surface area contributed by atoms with E-state index >= 15 is 0 Å². The quantitative estimate of drug-likeness (QED) is 0.832. The number of carbonyl (C=O) groups is 3. The molecular weight excluding hydrogens is 296 g/mol. The zero-order chi connectivity index (χ0) is 17.6. The van der Waals surface area contributed by atoms with Gasteiger partial charge in [0.25, 0.3) is 5.91 Å². The lowest BCUT2D eigenvalue weighted by Crippen LogP contribution is -2.50. The third-order valence-corrected chi connectivity index (χ3v) is 2.87. The number of aryl methyl sites for hydroxylation is 1. The van der Waals surface area contributed by atoms with Gasteiger partial charge in [0.05, 0.1) is 6.42 Å². The predicted molar refractivity (Wildman–Crippen MR) is 86.9 cm³/mol. The van der Waals surface area contributed by atoms with Crippen molar-refractivity contribution in [3.63, 3.8) is 0 Å². The third kappa shape index (κ3) is 7.44. The standard InChI is InChI=1S/C17H24N2O4/c1-11-6-8-13(9-7-11)10-14(20)23-12(2)15(21)18-16(22)19-17(3,4)5/h6-9,12H,10H2,1-5H3,(H2,18,19,21,22)/t12-/m0/s1. The van der Waals surface area contributed by atoms with Crippen LogP contribution in [0.15, 0.2) is 24.3 Å². The number of urea groups is 1. The molecule has 126 valence electrons. The smallest absolute Gasteiger partial charge is 0.321 e. The van der Waals surface area contributed by atoms with Crippen LogP contribution in [0.3, 0.4) is 0 Å². The van der Waals surface area contributed by atoms with Crippen LogP contribution in [-0.4, -0.2) is 29.6 Å². The Balaban J connectivity index is 2.46. The highest BCUT2D eigenvalue weighted by Gasteiger charge is 2.22. The van der Waals surface area contributed by atoms with E-state index in [0.717, 1.165) is 11.1 Å². The fourth-order valence-corrected chi connectivity index (χ4v) is 1.75. The van der Waals surface area contributed by atoms with Gasteiger partial charge in [0.2, 0.25) is 0 Å². The average Bonchev–Trinajstić information content (AvgIpc) is 2.38. The van der Waals surface area contributed by atoms with Gasteiger partial charge in [0, 0.05) is 5.54 Å². The summed E-state index contributed by atoms with van der Waals surface area (Å²) in [6.45, 7) is 8.76. The molecule has 0 aliphatic carbocycles. The summed E-state index contributed by atoms with van der Waals surface area (Å²) in [5, 5.41) is 4.74. The van der Waals surface area contributed by atoms with Crippen LogP contribution < -0.4 is 10.6 Å². The Morgan fingerprint density at radius 2 is 1.70 bits per heavy atom. The molecule has 1 atom stereocenters. The molecular formula is C17H24N2O4. The van der Waals surface area contributed by atoms with Gasteiger partial charge in [-0.2, -0.15) is 0 Å². The molecule has 0 spiro atoms. The molecule has 0 radical (unpaired) electrons. The number of benzene rings is 1. The predicted octanol–water partition coefficient (Wildman–Crippen LogP) is 2.09. The van der Waals surface area contributed by atoms with Crippen LogP contribution in [0.5, 0.6) is 0 Å². The normalized spacial score (nSPS) is 12.2. The summed E-state index contributed by atoms with van der Waals surface area (Å²) >= 11 is 0. The number of nitrogens with one attached hydrogen (secondary N) is 2. The first kappa shape index (κ1) is 18.7. The van der Waals surface area contributed by atoms with Crippen LogP contribution in [0.25, 0.3) is 0 Å². The Bertz CT molecular complexity index is 573. The molecule has 0 aromatic heterocycles. The van der Waals surface area contributed by atoms with Gasteiger partial charge in [0.15, 0.2) is 6.10 Å². The van der Waals surface area contributed by atoms with E-state index in [1.165, 1.54) is 6.92 Å². The summed E-state index contributed by atoms with van der Waals surface area (Å²) in [7, 11) is 0. The zero-order valence-corrected chi connectivity index (χ0v) is 14.2. The number of esters is 1. The minimum atomic E-state index is -1.04. The first-order valence-corrected chi connectivity index (χ1v) is 7.45. The molecule has 0 saturated carbocycles. The van der Waals surface area contributed by atoms with Gasteiger partial charge in [-0.1, -0.05) is 29.8 Å². The van der Waals surface area contributed by atoms with Crippen molar-refractivity contribution in [1.82, 2.24) is 10.6 Å². The molecule has 0 aliphatic heterocycles. The van der Waals surface area contributed by atoms with Crippen molar-refractivity contribution in [2.45, 2.75) is 52.7 Å². The second-order valence-corrected chi connectivity index (χ2v) is 6.49. The number of amides is 3. The largest absolute Gasteiger partial charge is 0.452 e. The van der Waals surface area contributed by atoms with Crippen molar-refractivity contribution < 1.29 is 19.1 Å². The molecule has 0 heterocycles. The molecule has 6 heteroatoms. The Morgan fingerprint density at radius 1 is 1.13 bits per heavy atom. The average molecular weight is 320 g/mol. The number of ether oxygens (including phenoxy) is 1. The van der Waals surface area contributed by atoms with Crippen LogP contribution in [0.1, 0.15) is 38.8 Å². The molecule has 2 N–H and O–H groups in total. The molecule has 1 aromatic rings. The topological polar surface area (TPSA) is 84.5 Å². The van der Waals surface area contributed by atoms with E-state index in [-0.39, 0.29) is 6.42 Å². The van der Waals surface area contributed by atoms with Crippen LogP contribution in [0.4, 0.5) is 4.79 Å². The molecule has 1 rings (SSSR count). The van der Waals surface area contributed by atoms with Crippen LogP contribution in [0, 0.1) is 6.92 Å². The van der Waals surface area contributed by atoms with Crippen molar-refractivity contribution in [3.05, 3.63) is 35.4 Å². The lowest BCUT2D eigenvalue weighted by molar-refractivity contribution is -0.153. The van der Waals surface area contributed by atoms with E-state index in [9.17, 15) is 14.4 Å². The van der Waals surface area contributed by atoms with Crippen LogP contribution in [0.2, 0.25) is 0 Å². The summed E-state index contributed by atoms with van der Waals surface area (Å²) in [4.78, 5) is 35.2. The summed E-state index contributed by atoms with van der Waals surface area (Å²) in [6, 6.07) is 6.84. The van der Waals surface area contributed by atoms with Crippen LogP contribution in [-0.2, 0) is 20.7 Å². The molecule has 0 saturated heterocycles. The van der Waals surface area contributed by atoms with Gasteiger partial charge in [-0.3, -0.25) is 14.9 Å². The summed E-state index contributed by atoms with van der Waals surface area (Å²) in [5.74, 6) is -1.18. The first-order chi connectivity index (χ1) is 10.6. The molecule has 3 amide bonds. The van der Waals surface area contributed by atoms with Gasteiger partial charge < -0.3 is 10.1 Å². The minimum absolute atomic E-state index is 0.0755. The molecule has 0 fully saturated rings. The fraction of sp³-hybridized carbons (Fsp3) is 0.471. The van der Waals surface area contributed by atoms with E-state index in [0.29, 0.717) is 0 Å². The fourth-order valence-electron chi connectivity index (χ4n) is 1.75. The van der Waals surface area contributed by atoms with Gasteiger partial charge in [0.1, 0.15) is 0 Å². The highest BCUT2D eigenvalue weighted by Crippen LogP contribution is 2.06. The summed E-state index contributed by atoms with van der Waals surface area (Å²) in [6.07, 6.45) is -0.967. The maximum Gasteiger partial charge on any atom is 0.321 e. The van der Waals surface area contributed by atoms with E-state index in [4.69, 9.17) is 4.74 Å². The van der Waals surface area contributed by atoms with E-state index in [2.05, 4.69) is 10.6 Å². The van der Waals surface area contributed by atoms with Crippen molar-refractivity contribution in [1.29, 1.82) is 0 Å². The lowest BCUT2D eigenvalue weighted by Gasteiger charge is -2.21. The Labute approximate surface area is 136 Å². The molecule has 6 nitrogen and oxygen atoms in total. The SMILES string of the molecule is Cc1ccc(CC(=O)O[C@@H](C)C(=O)NC(=O)NC(C)(C)C)cc1. The monoisotopic (exact) mass is 320 g/mol. The van der Waals surface area contributed by atoms with Crippen molar-refractivity contribution in [3.8, 4) is 0 Å². The highest BCUT2D eigenvalue weighted by atomic mass is 16.5. The van der Waals surface area contributed by atoms with Gasteiger partial charge in [-0.25, -0.2) is 4.79 Å². The number of carbonyl (C=O) groups excluding carboxylic acids is 3. The second-order valence-electron chi connectivity index (χ2n) is 6.49. The Kier molecular flexibility index (Phi) is 6.30. The van der Waals surface area contributed by atoms with Crippen molar-refractivity contribution in [2.75, 3.05) is 0 Å². The number of hydrogen-bond donors (Lipinski definition) is 2. The maximum absolute atomic E-state index is 11.8. The van der Waals surface area contributed by atoms with E-state index in [1.807, 2.05) is 31.2 Å². The Hall–Kier alpha value is -2.37. The molecule has 0 unspecified atom stereocenters. The lowest BCUT2D eigenvalue weighted by atomic mass is 10.1. The van der Waals surface area contributed by atoms with Gasteiger partial charge in [-0.05, 0) is 40.2 Å². The van der Waals surface area contributed by atoms with Crippen molar-refractivity contribution in [2.24, 2.45) is 0 Å². The van der Waals surface area contributed by atoms with Gasteiger partial charge >= 0.3 is 12.0 Å². The second kappa shape index (κ2) is 7.76. The van der Waals surface area contributed by atoms with Gasteiger partial charge in [-0.15, -0.1) is 0 Å². The van der Waals surface area contributed by atoms with Crippen LogP contribution >= 0.6 is 0 Å². The van der Waals surface area contributed by atoms with E-state index in [1.54, 1.807) is 20.8 Å². The molecule has 0 bridgehead atoms. The summed E-state index contributed by atoms with van der Waals surface area (Å²) in [5.41, 5.74) is 1.44. The number of hydrogen-bond acceptors (Lipinski definition) is 4. The van der Waals surface area contributed by atoms with E-state index < -0.39 is 29.6 Å². The first-order valence-electron chi connectivity index (χ1n) is 7.45. The zero-order valence-electron chi connectivity index (χ0n) is 14.2. The summed E-state index contributed by atoms with van der Waals surface area (Å²) < 4.78 is 5.05. The van der Waals surface area contributed by atoms with Crippen molar-refractivity contribution >= 4 is 17.9 Å². The Morgan fingerprint density at radius 3 is 2.22 bits per heavy atom.